The number of alkyl halides is 1. The molecule has 2 atom stereocenters. The second-order valence-corrected chi connectivity index (χ2v) is 9.68. The zero-order valence-electron chi connectivity index (χ0n) is 19.1. The first-order chi connectivity index (χ1) is 17.4. The number of nitrogens with one attached hydrogen (secondary N) is 1. The third kappa shape index (κ3) is 4.17. The van der Waals surface area contributed by atoms with Gasteiger partial charge in [-0.15, -0.1) is 0 Å². The average Bonchev–Trinajstić information content (AvgIpc) is 3.30. The molecule has 6 rings (SSSR count). The molecule has 0 spiro atoms. The Morgan fingerprint density at radius 1 is 1.22 bits per heavy atom. The van der Waals surface area contributed by atoms with Crippen LogP contribution in [0.3, 0.4) is 0 Å². The molecule has 1 aromatic carbocycles. The van der Waals surface area contributed by atoms with E-state index in [0.717, 1.165) is 25.8 Å². The van der Waals surface area contributed by atoms with Crippen molar-refractivity contribution in [2.75, 3.05) is 29.9 Å². The van der Waals surface area contributed by atoms with E-state index in [1.807, 2.05) is 6.20 Å². The van der Waals surface area contributed by atoms with Crippen LogP contribution in [0.15, 0.2) is 36.9 Å². The maximum absolute atomic E-state index is 15.1. The molecule has 9 nitrogen and oxygen atoms in total. The average molecular weight is 514 g/mol. The van der Waals surface area contributed by atoms with Gasteiger partial charge in [-0.05, 0) is 37.5 Å². The van der Waals surface area contributed by atoms with Crippen LogP contribution in [0.2, 0.25) is 5.02 Å². The van der Waals surface area contributed by atoms with Gasteiger partial charge in [0.15, 0.2) is 11.6 Å². The number of nitrogens with zero attached hydrogens (tertiary/aromatic N) is 6. The molecule has 0 amide bonds. The van der Waals surface area contributed by atoms with Crippen LogP contribution in [0.4, 0.5) is 26.2 Å². The van der Waals surface area contributed by atoms with Gasteiger partial charge in [0, 0.05) is 25.3 Å². The quantitative estimate of drug-likeness (QED) is 0.356. The van der Waals surface area contributed by atoms with Gasteiger partial charge in [0.05, 0.1) is 17.9 Å². The van der Waals surface area contributed by atoms with Crippen LogP contribution in [0.1, 0.15) is 19.3 Å². The Morgan fingerprint density at radius 3 is 2.83 bits per heavy atom. The molecule has 186 valence electrons. The number of ether oxygens (including phenoxy) is 1. The van der Waals surface area contributed by atoms with Crippen molar-refractivity contribution in [3.05, 3.63) is 47.8 Å². The summed E-state index contributed by atoms with van der Waals surface area (Å²) in [6.45, 7) is 1.34. The number of aldehydes is 1. The van der Waals surface area contributed by atoms with Gasteiger partial charge in [0.2, 0.25) is 5.95 Å². The van der Waals surface area contributed by atoms with Crippen molar-refractivity contribution in [2.24, 2.45) is 0 Å². The lowest BCUT2D eigenvalue weighted by Gasteiger charge is -2.33. The SMILES string of the molecule is O=C/C=C/N1C[C@@H]2C[C@H]1CN2c1ncc2ncnc(Nc3ccc(OCC4(F)CC4)c(Cl)c3F)c2n1. The minimum absolute atomic E-state index is 0.0757. The summed E-state index contributed by atoms with van der Waals surface area (Å²) in [6.07, 6.45) is 8.88. The Bertz CT molecular complexity index is 1370. The number of likely N-dealkylation sites (tertiary alicyclic amines) is 1. The molecule has 2 bridgehead atoms. The number of halogens is 3. The van der Waals surface area contributed by atoms with Crippen molar-refractivity contribution < 1.29 is 18.3 Å². The maximum Gasteiger partial charge on any atom is 0.226 e. The molecule has 3 aliphatic rings. The largest absolute Gasteiger partial charge is 0.489 e. The van der Waals surface area contributed by atoms with Crippen LogP contribution < -0.4 is 15.0 Å². The third-order valence-electron chi connectivity index (χ3n) is 6.84. The van der Waals surface area contributed by atoms with E-state index >= 15 is 4.39 Å². The fourth-order valence-corrected chi connectivity index (χ4v) is 4.92. The first-order valence-corrected chi connectivity index (χ1v) is 12.0. The Balaban J connectivity index is 1.24. The lowest BCUT2D eigenvalue weighted by Crippen LogP contribution is -2.44. The normalized spacial score (nSPS) is 22.0. The van der Waals surface area contributed by atoms with Crippen molar-refractivity contribution in [1.29, 1.82) is 0 Å². The van der Waals surface area contributed by atoms with Crippen LogP contribution >= 0.6 is 11.6 Å². The van der Waals surface area contributed by atoms with Crippen molar-refractivity contribution >= 4 is 46.4 Å². The highest BCUT2D eigenvalue weighted by molar-refractivity contribution is 6.32. The van der Waals surface area contributed by atoms with Gasteiger partial charge < -0.3 is 19.9 Å². The van der Waals surface area contributed by atoms with Gasteiger partial charge in [-0.1, -0.05) is 11.6 Å². The number of aromatic nitrogens is 4. The van der Waals surface area contributed by atoms with Gasteiger partial charge in [-0.2, -0.15) is 0 Å². The lowest BCUT2D eigenvalue weighted by atomic mass is 10.2. The molecule has 0 unspecified atom stereocenters. The molecular formula is C24H22ClF2N7O2. The molecule has 3 aromatic rings. The van der Waals surface area contributed by atoms with E-state index in [0.29, 0.717) is 35.6 Å². The van der Waals surface area contributed by atoms with E-state index in [4.69, 9.17) is 21.3 Å². The molecule has 12 heteroatoms. The minimum Gasteiger partial charge on any atom is -0.489 e. The number of anilines is 3. The standard InChI is InChI=1S/C24H22ClF2N7O2/c25-19-18(36-12-24(27)4-5-24)3-2-16(20(19)26)31-22-21-17(29-13-30-22)9-28-23(32-21)34-11-14-8-15(34)10-33(14)6-1-7-35/h1-3,6-7,9,13-15H,4-5,8,10-12H2,(H,29,30,31)/b6-1+/t14-,15-/m0/s1. The number of fused-ring (bicyclic) bond motifs is 3. The van der Waals surface area contributed by atoms with Crippen LogP contribution in [0.25, 0.3) is 11.0 Å². The number of hydrogen-bond acceptors (Lipinski definition) is 9. The molecule has 0 radical (unpaired) electrons. The van der Waals surface area contributed by atoms with Crippen molar-refractivity contribution in [2.45, 2.75) is 37.0 Å². The van der Waals surface area contributed by atoms with Gasteiger partial charge in [0.25, 0.3) is 0 Å². The van der Waals surface area contributed by atoms with Gasteiger partial charge in [-0.3, -0.25) is 4.79 Å². The molecule has 2 aromatic heterocycles. The number of carbonyl (C=O) groups is 1. The number of hydrogen-bond donors (Lipinski definition) is 1. The highest BCUT2D eigenvalue weighted by atomic mass is 35.5. The first-order valence-electron chi connectivity index (χ1n) is 11.6. The van der Waals surface area contributed by atoms with E-state index in [2.05, 4.69) is 30.1 Å². The molecule has 4 heterocycles. The smallest absolute Gasteiger partial charge is 0.226 e. The van der Waals surface area contributed by atoms with E-state index < -0.39 is 11.5 Å². The number of carbonyl (C=O) groups excluding carboxylic acids is 1. The van der Waals surface area contributed by atoms with Crippen molar-refractivity contribution in [1.82, 2.24) is 24.8 Å². The van der Waals surface area contributed by atoms with Crippen LogP contribution in [-0.4, -0.2) is 68.6 Å². The number of benzene rings is 1. The fraction of sp³-hybridized carbons (Fsp3) is 0.375. The van der Waals surface area contributed by atoms with E-state index in [1.54, 1.807) is 6.20 Å². The maximum atomic E-state index is 15.1. The number of allylic oxidation sites excluding steroid dienone is 1. The zero-order valence-corrected chi connectivity index (χ0v) is 19.8. The lowest BCUT2D eigenvalue weighted by molar-refractivity contribution is -0.104. The zero-order chi connectivity index (χ0) is 24.9. The predicted octanol–water partition coefficient (Wildman–Crippen LogP) is 3.81. The van der Waals surface area contributed by atoms with Crippen LogP contribution in [-0.2, 0) is 4.79 Å². The van der Waals surface area contributed by atoms with Gasteiger partial charge >= 0.3 is 0 Å². The predicted molar refractivity (Wildman–Crippen MR) is 130 cm³/mol. The van der Waals surface area contributed by atoms with E-state index in [9.17, 15) is 9.18 Å². The summed E-state index contributed by atoms with van der Waals surface area (Å²) in [5, 5.41) is 2.71. The minimum atomic E-state index is -1.34. The van der Waals surface area contributed by atoms with Crippen molar-refractivity contribution in [3.8, 4) is 5.75 Å². The summed E-state index contributed by atoms with van der Waals surface area (Å²) < 4.78 is 34.3. The van der Waals surface area contributed by atoms with E-state index in [-0.39, 0.29) is 35.2 Å². The second-order valence-electron chi connectivity index (χ2n) is 9.30. The molecule has 2 saturated heterocycles. The molecule has 1 N–H and O–H groups in total. The van der Waals surface area contributed by atoms with E-state index in [1.165, 1.54) is 24.5 Å². The molecule has 36 heavy (non-hydrogen) atoms. The monoisotopic (exact) mass is 513 g/mol. The molecular weight excluding hydrogens is 492 g/mol. The summed E-state index contributed by atoms with van der Waals surface area (Å²) in [6, 6.07) is 3.45. The second kappa shape index (κ2) is 8.81. The molecule has 1 saturated carbocycles. The topological polar surface area (TPSA) is 96.4 Å². The first kappa shape index (κ1) is 22.8. The summed E-state index contributed by atoms with van der Waals surface area (Å²) >= 11 is 6.17. The molecule has 2 aliphatic heterocycles. The highest BCUT2D eigenvalue weighted by Crippen LogP contribution is 2.41. The summed E-state index contributed by atoms with van der Waals surface area (Å²) in [5.41, 5.74) is -0.327. The van der Waals surface area contributed by atoms with Crippen LogP contribution in [0, 0.1) is 5.82 Å². The Hall–Kier alpha value is -3.60. The summed E-state index contributed by atoms with van der Waals surface area (Å²) in [5.74, 6) is 0.184. The van der Waals surface area contributed by atoms with Crippen LogP contribution in [0.5, 0.6) is 5.75 Å². The van der Waals surface area contributed by atoms with Gasteiger partial charge in [-0.25, -0.2) is 28.7 Å². The Morgan fingerprint density at radius 2 is 2.08 bits per heavy atom. The van der Waals surface area contributed by atoms with Crippen molar-refractivity contribution in [3.63, 3.8) is 0 Å². The van der Waals surface area contributed by atoms with Gasteiger partial charge in [0.1, 0.15) is 46.7 Å². The Kier molecular flexibility index (Phi) is 5.59. The summed E-state index contributed by atoms with van der Waals surface area (Å²) in [4.78, 5) is 32.6. The fourth-order valence-electron chi connectivity index (χ4n) is 4.70. The Labute approximate surface area is 210 Å². The molecule has 1 aliphatic carbocycles. The highest BCUT2D eigenvalue weighted by Gasteiger charge is 2.44. The molecule has 3 fully saturated rings. The summed E-state index contributed by atoms with van der Waals surface area (Å²) in [7, 11) is 0. The number of rotatable bonds is 8. The third-order valence-corrected chi connectivity index (χ3v) is 7.19. The number of piperazine rings is 1.